The molecule has 3 heteroatoms. The summed E-state index contributed by atoms with van der Waals surface area (Å²) in [6.45, 7) is 0.902. The van der Waals surface area contributed by atoms with E-state index < -0.39 is 0 Å². The molecule has 0 aromatic carbocycles. The molecule has 0 aliphatic heterocycles. The molecule has 2 N–H and O–H groups in total. The van der Waals surface area contributed by atoms with Crippen LogP contribution in [0.15, 0.2) is 24.4 Å². The van der Waals surface area contributed by atoms with E-state index in [1.165, 1.54) is 25.7 Å². The molecule has 0 bridgehead atoms. The van der Waals surface area contributed by atoms with Crippen molar-refractivity contribution in [3.8, 4) is 0 Å². The molecule has 2 atom stereocenters. The summed E-state index contributed by atoms with van der Waals surface area (Å²) < 4.78 is 0. The summed E-state index contributed by atoms with van der Waals surface area (Å²) in [7, 11) is 2.17. The fourth-order valence-electron chi connectivity index (χ4n) is 2.73. The van der Waals surface area contributed by atoms with Crippen LogP contribution in [0.3, 0.4) is 0 Å². The Bertz CT molecular complexity index is 325. The zero-order valence-corrected chi connectivity index (χ0v) is 10.7. The minimum Gasteiger partial charge on any atom is -0.326 e. The summed E-state index contributed by atoms with van der Waals surface area (Å²) in [6, 6.07) is 6.92. The third-order valence-electron chi connectivity index (χ3n) is 3.74. The molecule has 2 unspecified atom stereocenters. The summed E-state index contributed by atoms with van der Waals surface area (Å²) in [5, 5.41) is 0. The van der Waals surface area contributed by atoms with Crippen LogP contribution >= 0.6 is 0 Å². The molecule has 3 nitrogen and oxygen atoms in total. The second-order valence-electron chi connectivity index (χ2n) is 5.11. The first-order chi connectivity index (χ1) is 8.27. The zero-order chi connectivity index (χ0) is 12.1. The average Bonchev–Trinajstić information content (AvgIpc) is 2.55. The number of pyridine rings is 1. The Morgan fingerprint density at radius 1 is 1.29 bits per heavy atom. The number of hydrogen-bond donors (Lipinski definition) is 1. The van der Waals surface area contributed by atoms with Gasteiger partial charge in [-0.1, -0.05) is 25.3 Å². The summed E-state index contributed by atoms with van der Waals surface area (Å²) in [5.74, 6) is 0. The smallest absolute Gasteiger partial charge is 0.0543 e. The van der Waals surface area contributed by atoms with E-state index >= 15 is 0 Å². The predicted octanol–water partition coefficient (Wildman–Crippen LogP) is 2.17. The largest absolute Gasteiger partial charge is 0.326 e. The molecule has 0 amide bonds. The highest BCUT2D eigenvalue weighted by Gasteiger charge is 2.24. The Balaban J connectivity index is 1.96. The highest BCUT2D eigenvalue weighted by Crippen LogP contribution is 2.21. The number of hydrogen-bond acceptors (Lipinski definition) is 3. The molecule has 17 heavy (non-hydrogen) atoms. The van der Waals surface area contributed by atoms with E-state index in [1.807, 2.05) is 18.3 Å². The lowest BCUT2D eigenvalue weighted by Gasteiger charge is -2.31. The van der Waals surface area contributed by atoms with E-state index in [0.29, 0.717) is 12.1 Å². The van der Waals surface area contributed by atoms with E-state index in [1.54, 1.807) is 0 Å². The fraction of sp³-hybridized carbons (Fsp3) is 0.643. The molecule has 0 radical (unpaired) electrons. The van der Waals surface area contributed by atoms with Gasteiger partial charge in [-0.15, -0.1) is 0 Å². The summed E-state index contributed by atoms with van der Waals surface area (Å²) in [5.41, 5.74) is 7.40. The quantitative estimate of drug-likeness (QED) is 0.814. The van der Waals surface area contributed by atoms with Crippen molar-refractivity contribution in [3.63, 3.8) is 0 Å². The van der Waals surface area contributed by atoms with Crippen molar-refractivity contribution in [2.45, 2.75) is 50.7 Å². The molecule has 94 valence electrons. The topological polar surface area (TPSA) is 42.2 Å². The van der Waals surface area contributed by atoms with E-state index in [-0.39, 0.29) is 0 Å². The Morgan fingerprint density at radius 2 is 2.12 bits per heavy atom. The molecule has 1 saturated carbocycles. The summed E-state index contributed by atoms with van der Waals surface area (Å²) >= 11 is 0. The maximum Gasteiger partial charge on any atom is 0.0543 e. The van der Waals surface area contributed by atoms with Crippen molar-refractivity contribution in [1.29, 1.82) is 0 Å². The molecule has 1 aromatic heterocycles. The van der Waals surface area contributed by atoms with Crippen molar-refractivity contribution in [2.24, 2.45) is 5.73 Å². The van der Waals surface area contributed by atoms with Crippen molar-refractivity contribution in [3.05, 3.63) is 30.1 Å². The lowest BCUT2D eigenvalue weighted by atomic mass is 10.0. The van der Waals surface area contributed by atoms with Crippen molar-refractivity contribution in [2.75, 3.05) is 7.05 Å². The van der Waals surface area contributed by atoms with Gasteiger partial charge in [-0.3, -0.25) is 9.88 Å². The minimum atomic E-state index is 0.325. The van der Waals surface area contributed by atoms with Gasteiger partial charge in [0.25, 0.3) is 0 Å². The van der Waals surface area contributed by atoms with Gasteiger partial charge in [0, 0.05) is 24.8 Å². The molecule has 1 aromatic rings. The minimum absolute atomic E-state index is 0.325. The highest BCUT2D eigenvalue weighted by molar-refractivity contribution is 5.03. The van der Waals surface area contributed by atoms with Crippen LogP contribution in [0.4, 0.5) is 0 Å². The SMILES string of the molecule is CN(Cc1ccccn1)C1CCCCCC1N. The van der Waals surface area contributed by atoms with E-state index in [4.69, 9.17) is 5.73 Å². The fourth-order valence-corrected chi connectivity index (χ4v) is 2.73. The molecule has 0 saturated heterocycles. The molecular formula is C14H23N3. The number of rotatable bonds is 3. The van der Waals surface area contributed by atoms with Crippen LogP contribution in [-0.2, 0) is 6.54 Å². The van der Waals surface area contributed by atoms with E-state index in [9.17, 15) is 0 Å². The van der Waals surface area contributed by atoms with Crippen LogP contribution in [0, 0.1) is 0 Å². The van der Waals surface area contributed by atoms with Crippen molar-refractivity contribution in [1.82, 2.24) is 9.88 Å². The normalized spacial score (nSPS) is 25.8. The first-order valence-corrected chi connectivity index (χ1v) is 6.63. The Morgan fingerprint density at radius 3 is 2.88 bits per heavy atom. The maximum absolute atomic E-state index is 6.27. The van der Waals surface area contributed by atoms with Gasteiger partial charge in [0.1, 0.15) is 0 Å². The molecule has 1 aliphatic rings. The van der Waals surface area contributed by atoms with Crippen LogP contribution in [0.5, 0.6) is 0 Å². The highest BCUT2D eigenvalue weighted by atomic mass is 15.2. The van der Waals surface area contributed by atoms with Gasteiger partial charge >= 0.3 is 0 Å². The number of nitrogens with zero attached hydrogens (tertiary/aromatic N) is 2. The zero-order valence-electron chi connectivity index (χ0n) is 10.7. The van der Waals surface area contributed by atoms with Crippen LogP contribution < -0.4 is 5.73 Å². The summed E-state index contributed by atoms with van der Waals surface area (Å²) in [6.07, 6.45) is 8.18. The number of nitrogens with two attached hydrogens (primary N) is 1. The van der Waals surface area contributed by atoms with E-state index in [2.05, 4.69) is 23.0 Å². The van der Waals surface area contributed by atoms with Crippen LogP contribution in [0.1, 0.15) is 37.8 Å². The second-order valence-corrected chi connectivity index (χ2v) is 5.11. The van der Waals surface area contributed by atoms with Crippen molar-refractivity contribution >= 4 is 0 Å². The van der Waals surface area contributed by atoms with Crippen molar-refractivity contribution < 1.29 is 0 Å². The Kier molecular flexibility index (Phi) is 4.51. The van der Waals surface area contributed by atoms with Gasteiger partial charge in [0.05, 0.1) is 5.69 Å². The average molecular weight is 233 g/mol. The molecule has 0 spiro atoms. The maximum atomic E-state index is 6.27. The van der Waals surface area contributed by atoms with Crippen LogP contribution in [0.25, 0.3) is 0 Å². The molecule has 1 fully saturated rings. The molecule has 2 rings (SSSR count). The second kappa shape index (κ2) is 6.12. The van der Waals surface area contributed by atoms with Gasteiger partial charge in [-0.25, -0.2) is 0 Å². The number of likely N-dealkylation sites (N-methyl/N-ethyl adjacent to an activating group) is 1. The first kappa shape index (κ1) is 12.5. The number of aromatic nitrogens is 1. The van der Waals surface area contributed by atoms with Gasteiger partial charge in [0.15, 0.2) is 0 Å². The third-order valence-corrected chi connectivity index (χ3v) is 3.74. The van der Waals surface area contributed by atoms with Crippen LogP contribution in [0.2, 0.25) is 0 Å². The Hall–Kier alpha value is -0.930. The standard InChI is InChI=1S/C14H23N3/c1-17(11-12-7-5-6-10-16-12)14-9-4-2-3-8-13(14)15/h5-7,10,13-14H,2-4,8-9,11,15H2,1H3. The lowest BCUT2D eigenvalue weighted by Crippen LogP contribution is -2.45. The van der Waals surface area contributed by atoms with Crippen LogP contribution in [-0.4, -0.2) is 29.0 Å². The first-order valence-electron chi connectivity index (χ1n) is 6.63. The summed E-state index contributed by atoms with van der Waals surface area (Å²) in [4.78, 5) is 6.75. The van der Waals surface area contributed by atoms with Gasteiger partial charge in [-0.05, 0) is 32.0 Å². The lowest BCUT2D eigenvalue weighted by molar-refractivity contribution is 0.191. The third kappa shape index (κ3) is 3.51. The van der Waals surface area contributed by atoms with E-state index in [0.717, 1.165) is 18.7 Å². The predicted molar refractivity (Wildman–Crippen MR) is 70.6 cm³/mol. The molecule has 1 aliphatic carbocycles. The Labute approximate surface area is 104 Å². The van der Waals surface area contributed by atoms with Gasteiger partial charge in [0.2, 0.25) is 0 Å². The van der Waals surface area contributed by atoms with Gasteiger partial charge in [-0.2, -0.15) is 0 Å². The van der Waals surface area contributed by atoms with Gasteiger partial charge < -0.3 is 5.73 Å². The monoisotopic (exact) mass is 233 g/mol. The molecule has 1 heterocycles. The molecular weight excluding hydrogens is 210 g/mol.